The van der Waals surface area contributed by atoms with Gasteiger partial charge < -0.3 is 15.6 Å². The third kappa shape index (κ3) is 6.35. The Morgan fingerprint density at radius 1 is 1.32 bits per heavy atom. The lowest BCUT2D eigenvalue weighted by Gasteiger charge is -2.12. The highest BCUT2D eigenvalue weighted by molar-refractivity contribution is 5.90. The van der Waals surface area contributed by atoms with E-state index in [1.54, 1.807) is 6.92 Å². The van der Waals surface area contributed by atoms with Crippen molar-refractivity contribution in [3.63, 3.8) is 0 Å². The minimum Gasteiger partial charge on any atom is -0.339 e. The summed E-state index contributed by atoms with van der Waals surface area (Å²) in [6, 6.07) is 3.28. The predicted octanol–water partition coefficient (Wildman–Crippen LogP) is 3.24. The molecule has 0 aliphatic heterocycles. The van der Waals surface area contributed by atoms with E-state index in [0.717, 1.165) is 12.1 Å². The summed E-state index contributed by atoms with van der Waals surface area (Å²) in [6.07, 6.45) is -3.52. The SMILES string of the molecule is Cc1noc(CCCC(=O)Nc2cc(CN)cc(C(F)(F)F)c2)n1.Cl. The molecule has 2 rings (SSSR count). The molecule has 10 heteroatoms. The fourth-order valence-electron chi connectivity index (χ4n) is 2.11. The molecule has 2 aromatic rings. The normalized spacial score (nSPS) is 11.1. The van der Waals surface area contributed by atoms with Crippen molar-refractivity contribution in [2.24, 2.45) is 5.73 Å². The zero-order valence-corrected chi connectivity index (χ0v) is 14.2. The van der Waals surface area contributed by atoms with E-state index in [1.165, 1.54) is 6.07 Å². The first-order valence-electron chi connectivity index (χ1n) is 7.28. The fourth-order valence-corrected chi connectivity index (χ4v) is 2.11. The predicted molar refractivity (Wildman–Crippen MR) is 87.2 cm³/mol. The maximum Gasteiger partial charge on any atom is 0.416 e. The molecule has 0 bridgehead atoms. The highest BCUT2D eigenvalue weighted by Gasteiger charge is 2.31. The van der Waals surface area contributed by atoms with Crippen LogP contribution in [0.3, 0.4) is 0 Å². The average Bonchev–Trinajstić information content (AvgIpc) is 2.91. The molecule has 1 heterocycles. The Bertz CT molecular complexity index is 719. The number of nitrogens with one attached hydrogen (secondary N) is 1. The van der Waals surface area contributed by atoms with Gasteiger partial charge in [0.05, 0.1) is 5.56 Å². The third-order valence-electron chi connectivity index (χ3n) is 3.20. The zero-order valence-electron chi connectivity index (χ0n) is 13.4. The first-order valence-corrected chi connectivity index (χ1v) is 7.28. The van der Waals surface area contributed by atoms with Gasteiger partial charge in [0.1, 0.15) is 0 Å². The number of hydrogen-bond acceptors (Lipinski definition) is 5. The number of carbonyl (C=O) groups is 1. The van der Waals surface area contributed by atoms with Crippen LogP contribution in [0.1, 0.15) is 35.7 Å². The van der Waals surface area contributed by atoms with Gasteiger partial charge in [-0.1, -0.05) is 5.16 Å². The Hall–Kier alpha value is -2.13. The lowest BCUT2D eigenvalue weighted by molar-refractivity contribution is -0.137. The van der Waals surface area contributed by atoms with Gasteiger partial charge in [0, 0.05) is 25.1 Å². The molecule has 0 saturated heterocycles. The van der Waals surface area contributed by atoms with Gasteiger partial charge >= 0.3 is 6.18 Å². The number of benzene rings is 1. The van der Waals surface area contributed by atoms with Crippen LogP contribution in [-0.4, -0.2) is 16.0 Å². The maximum atomic E-state index is 12.8. The largest absolute Gasteiger partial charge is 0.416 e. The van der Waals surface area contributed by atoms with Crippen molar-refractivity contribution >= 4 is 24.0 Å². The molecule has 0 saturated carbocycles. The van der Waals surface area contributed by atoms with Crippen molar-refractivity contribution in [1.82, 2.24) is 10.1 Å². The van der Waals surface area contributed by atoms with Gasteiger partial charge in [0.2, 0.25) is 11.8 Å². The minimum absolute atomic E-state index is 0. The van der Waals surface area contributed by atoms with Gasteiger partial charge in [-0.3, -0.25) is 4.79 Å². The number of aryl methyl sites for hydroxylation is 2. The standard InChI is InChI=1S/C15H17F3N4O2.ClH/c1-9-20-14(24-22-9)4-2-3-13(23)21-12-6-10(8-19)5-11(7-12)15(16,17)18;/h5-7H,2-4,8,19H2,1H3,(H,21,23);1H. The molecular formula is C15H18ClF3N4O2. The number of nitrogens with zero attached hydrogens (tertiary/aromatic N) is 2. The maximum absolute atomic E-state index is 12.8. The second-order valence-corrected chi connectivity index (χ2v) is 5.26. The van der Waals surface area contributed by atoms with Gasteiger partial charge in [-0.15, -0.1) is 12.4 Å². The van der Waals surface area contributed by atoms with Crippen LogP contribution in [0, 0.1) is 6.92 Å². The van der Waals surface area contributed by atoms with E-state index in [1.807, 2.05) is 0 Å². The van der Waals surface area contributed by atoms with E-state index in [-0.39, 0.29) is 31.1 Å². The summed E-state index contributed by atoms with van der Waals surface area (Å²) in [5.41, 5.74) is 4.93. The van der Waals surface area contributed by atoms with Crippen molar-refractivity contribution < 1.29 is 22.5 Å². The number of aromatic nitrogens is 2. The Labute approximate surface area is 148 Å². The molecule has 0 fully saturated rings. The van der Waals surface area contributed by atoms with Crippen LogP contribution in [0.2, 0.25) is 0 Å². The fraction of sp³-hybridized carbons (Fsp3) is 0.400. The molecule has 0 radical (unpaired) electrons. The van der Waals surface area contributed by atoms with Gasteiger partial charge in [0.25, 0.3) is 0 Å². The van der Waals surface area contributed by atoms with Crippen LogP contribution in [0.25, 0.3) is 0 Å². The average molecular weight is 379 g/mol. The van der Waals surface area contributed by atoms with Crippen LogP contribution < -0.4 is 11.1 Å². The summed E-state index contributed by atoms with van der Waals surface area (Å²) in [5.74, 6) is 0.533. The Morgan fingerprint density at radius 3 is 2.60 bits per heavy atom. The van der Waals surface area contributed by atoms with Crippen molar-refractivity contribution in [3.05, 3.63) is 41.0 Å². The molecule has 138 valence electrons. The first kappa shape index (κ1) is 20.9. The zero-order chi connectivity index (χ0) is 17.7. The van der Waals surface area contributed by atoms with E-state index < -0.39 is 17.6 Å². The highest BCUT2D eigenvalue weighted by Crippen LogP contribution is 2.32. The van der Waals surface area contributed by atoms with Crippen LogP contribution in [0.4, 0.5) is 18.9 Å². The van der Waals surface area contributed by atoms with Crippen molar-refractivity contribution in [3.8, 4) is 0 Å². The second kappa shape index (κ2) is 8.82. The van der Waals surface area contributed by atoms with E-state index >= 15 is 0 Å². The number of halogens is 4. The molecule has 0 atom stereocenters. The van der Waals surface area contributed by atoms with Crippen molar-refractivity contribution in [2.75, 3.05) is 5.32 Å². The van der Waals surface area contributed by atoms with Gasteiger partial charge in [-0.2, -0.15) is 18.2 Å². The summed E-state index contributed by atoms with van der Waals surface area (Å²) in [4.78, 5) is 15.9. The quantitative estimate of drug-likeness (QED) is 0.804. The lowest BCUT2D eigenvalue weighted by atomic mass is 10.1. The number of hydrogen-bond donors (Lipinski definition) is 2. The van der Waals surface area contributed by atoms with Crippen LogP contribution in [0.5, 0.6) is 0 Å². The van der Waals surface area contributed by atoms with Gasteiger partial charge in [-0.25, -0.2) is 0 Å². The van der Waals surface area contributed by atoms with E-state index in [2.05, 4.69) is 15.5 Å². The topological polar surface area (TPSA) is 94.0 Å². The second-order valence-electron chi connectivity index (χ2n) is 5.26. The Balaban J connectivity index is 0.00000312. The van der Waals surface area contributed by atoms with E-state index in [0.29, 0.717) is 30.1 Å². The van der Waals surface area contributed by atoms with E-state index in [9.17, 15) is 18.0 Å². The number of rotatable bonds is 6. The van der Waals surface area contributed by atoms with Crippen LogP contribution in [-0.2, 0) is 23.9 Å². The smallest absolute Gasteiger partial charge is 0.339 e. The molecule has 3 N–H and O–H groups in total. The Kier molecular flexibility index (Phi) is 7.38. The molecule has 0 aliphatic carbocycles. The molecule has 25 heavy (non-hydrogen) atoms. The van der Waals surface area contributed by atoms with E-state index in [4.69, 9.17) is 10.3 Å². The summed E-state index contributed by atoms with van der Waals surface area (Å²) in [6.45, 7) is 1.63. The minimum atomic E-state index is -4.50. The first-order chi connectivity index (χ1) is 11.3. The molecule has 0 unspecified atom stereocenters. The summed E-state index contributed by atoms with van der Waals surface area (Å²) < 4.78 is 43.4. The molecule has 1 aromatic heterocycles. The molecule has 0 aliphatic rings. The van der Waals surface area contributed by atoms with Crippen molar-refractivity contribution in [1.29, 1.82) is 0 Å². The van der Waals surface area contributed by atoms with Crippen molar-refractivity contribution in [2.45, 2.75) is 38.9 Å². The number of amides is 1. The summed E-state index contributed by atoms with van der Waals surface area (Å²) >= 11 is 0. The number of carbonyl (C=O) groups excluding carboxylic acids is 1. The van der Waals surface area contributed by atoms with Crippen LogP contribution in [0.15, 0.2) is 22.7 Å². The number of nitrogens with two attached hydrogens (primary N) is 1. The molecule has 6 nitrogen and oxygen atoms in total. The molecular weight excluding hydrogens is 361 g/mol. The van der Waals surface area contributed by atoms with Gasteiger partial charge in [0.15, 0.2) is 5.82 Å². The molecule has 1 aromatic carbocycles. The highest BCUT2D eigenvalue weighted by atomic mass is 35.5. The summed E-state index contributed by atoms with van der Waals surface area (Å²) in [5, 5.41) is 6.09. The molecule has 0 spiro atoms. The number of anilines is 1. The lowest BCUT2D eigenvalue weighted by Crippen LogP contribution is -2.14. The van der Waals surface area contributed by atoms with Gasteiger partial charge in [-0.05, 0) is 37.1 Å². The molecule has 1 amide bonds. The summed E-state index contributed by atoms with van der Waals surface area (Å²) in [7, 11) is 0. The Morgan fingerprint density at radius 2 is 2.04 bits per heavy atom. The van der Waals surface area contributed by atoms with Crippen LogP contribution >= 0.6 is 12.4 Å². The monoisotopic (exact) mass is 378 g/mol. The number of alkyl halides is 3. The third-order valence-corrected chi connectivity index (χ3v) is 3.20.